The van der Waals surface area contributed by atoms with Crippen molar-refractivity contribution in [1.29, 1.82) is 0 Å². The molecule has 0 bridgehead atoms. The molecule has 1 aliphatic rings. The van der Waals surface area contributed by atoms with Crippen molar-refractivity contribution < 1.29 is 13.9 Å². The molecule has 4 rings (SSSR count). The Morgan fingerprint density at radius 2 is 1.79 bits per heavy atom. The van der Waals surface area contributed by atoms with Crippen molar-refractivity contribution in [3.05, 3.63) is 66.7 Å². The minimum atomic E-state index is -0.308. The largest absolute Gasteiger partial charge is 0.488 e. The maximum Gasteiger partial charge on any atom is 0.224 e. The zero-order chi connectivity index (χ0) is 19.3. The SMILES string of the molecule is O=C(C[C@H]1CC[C@@H](Oc2cncc3ccccc23)CC1)Nc1ccc(F)cc1. The Morgan fingerprint density at radius 3 is 2.57 bits per heavy atom. The van der Waals surface area contributed by atoms with Crippen molar-refractivity contribution in [2.45, 2.75) is 38.2 Å². The van der Waals surface area contributed by atoms with Crippen LogP contribution in [0.4, 0.5) is 10.1 Å². The standard InChI is InChI=1S/C23H23FN2O2/c24-18-7-9-19(10-8-18)26-23(27)13-16-5-11-20(12-6-16)28-22-15-25-14-17-3-1-2-4-21(17)22/h1-4,7-10,14-16,20H,5-6,11-13H2,(H,26,27)/t16-,20+. The van der Waals surface area contributed by atoms with Crippen LogP contribution in [0.15, 0.2) is 60.9 Å². The summed E-state index contributed by atoms with van der Waals surface area (Å²) in [7, 11) is 0. The van der Waals surface area contributed by atoms with E-state index in [1.54, 1.807) is 18.3 Å². The molecular formula is C23H23FN2O2. The zero-order valence-corrected chi connectivity index (χ0v) is 15.6. The van der Waals surface area contributed by atoms with E-state index in [-0.39, 0.29) is 17.8 Å². The smallest absolute Gasteiger partial charge is 0.224 e. The van der Waals surface area contributed by atoms with Gasteiger partial charge < -0.3 is 10.1 Å². The highest BCUT2D eigenvalue weighted by Gasteiger charge is 2.24. The van der Waals surface area contributed by atoms with Crippen LogP contribution in [0.2, 0.25) is 0 Å². The molecule has 1 saturated carbocycles. The lowest BCUT2D eigenvalue weighted by Gasteiger charge is -2.29. The van der Waals surface area contributed by atoms with Gasteiger partial charge in [0.1, 0.15) is 11.6 Å². The van der Waals surface area contributed by atoms with Crippen LogP contribution in [0.25, 0.3) is 10.8 Å². The number of halogens is 1. The second-order valence-corrected chi connectivity index (χ2v) is 7.38. The van der Waals surface area contributed by atoms with Crippen LogP contribution >= 0.6 is 0 Å². The minimum Gasteiger partial charge on any atom is -0.488 e. The summed E-state index contributed by atoms with van der Waals surface area (Å²) >= 11 is 0. The number of pyridine rings is 1. The number of nitrogens with one attached hydrogen (secondary N) is 1. The van der Waals surface area contributed by atoms with Crippen molar-refractivity contribution in [3.8, 4) is 5.75 Å². The van der Waals surface area contributed by atoms with E-state index in [0.29, 0.717) is 18.0 Å². The molecule has 1 N–H and O–H groups in total. The highest BCUT2D eigenvalue weighted by Crippen LogP contribution is 2.32. The molecule has 0 radical (unpaired) electrons. The van der Waals surface area contributed by atoms with E-state index in [2.05, 4.69) is 16.4 Å². The van der Waals surface area contributed by atoms with Crippen molar-refractivity contribution in [1.82, 2.24) is 4.98 Å². The van der Waals surface area contributed by atoms with Gasteiger partial charge in [-0.05, 0) is 55.9 Å². The highest BCUT2D eigenvalue weighted by atomic mass is 19.1. The third kappa shape index (κ3) is 4.47. The summed E-state index contributed by atoms with van der Waals surface area (Å²) in [5, 5.41) is 5.00. The zero-order valence-electron chi connectivity index (χ0n) is 15.6. The maximum absolute atomic E-state index is 12.9. The number of hydrogen-bond acceptors (Lipinski definition) is 3. The quantitative estimate of drug-likeness (QED) is 0.652. The first-order valence-corrected chi connectivity index (χ1v) is 9.72. The second-order valence-electron chi connectivity index (χ2n) is 7.38. The molecule has 1 fully saturated rings. The number of ether oxygens (including phenoxy) is 1. The van der Waals surface area contributed by atoms with E-state index < -0.39 is 0 Å². The second kappa shape index (κ2) is 8.38. The Morgan fingerprint density at radius 1 is 1.04 bits per heavy atom. The highest BCUT2D eigenvalue weighted by molar-refractivity contribution is 5.90. The topological polar surface area (TPSA) is 51.2 Å². The van der Waals surface area contributed by atoms with Crippen LogP contribution in [0.1, 0.15) is 32.1 Å². The molecule has 0 aliphatic heterocycles. The van der Waals surface area contributed by atoms with E-state index in [1.807, 2.05) is 24.4 Å². The van der Waals surface area contributed by atoms with Crippen LogP contribution < -0.4 is 10.1 Å². The summed E-state index contributed by atoms with van der Waals surface area (Å²) in [5.41, 5.74) is 0.631. The molecule has 0 spiro atoms. The third-order valence-corrected chi connectivity index (χ3v) is 5.32. The number of carbonyl (C=O) groups is 1. The number of aromatic nitrogens is 1. The number of rotatable bonds is 5. The summed E-state index contributed by atoms with van der Waals surface area (Å²) in [6.07, 6.45) is 8.04. The summed E-state index contributed by atoms with van der Waals surface area (Å²) in [6, 6.07) is 13.9. The summed E-state index contributed by atoms with van der Waals surface area (Å²) in [6.45, 7) is 0. The summed E-state index contributed by atoms with van der Waals surface area (Å²) in [5.74, 6) is 0.855. The van der Waals surface area contributed by atoms with Crippen LogP contribution in [-0.4, -0.2) is 17.0 Å². The van der Waals surface area contributed by atoms with E-state index in [4.69, 9.17) is 4.74 Å². The van der Waals surface area contributed by atoms with E-state index in [9.17, 15) is 9.18 Å². The van der Waals surface area contributed by atoms with Gasteiger partial charge in [-0.2, -0.15) is 0 Å². The number of benzene rings is 2. The summed E-state index contributed by atoms with van der Waals surface area (Å²) < 4.78 is 19.2. The Bertz CT molecular complexity index is 945. The van der Waals surface area contributed by atoms with Crippen LogP contribution in [0.3, 0.4) is 0 Å². The molecule has 1 amide bonds. The number of nitrogens with zero attached hydrogens (tertiary/aromatic N) is 1. The molecule has 3 aromatic rings. The first kappa shape index (κ1) is 18.4. The van der Waals surface area contributed by atoms with Gasteiger partial charge in [0, 0.05) is 29.1 Å². The molecule has 0 atom stereocenters. The molecule has 28 heavy (non-hydrogen) atoms. The van der Waals surface area contributed by atoms with E-state index in [1.165, 1.54) is 12.1 Å². The van der Waals surface area contributed by atoms with E-state index >= 15 is 0 Å². The van der Waals surface area contributed by atoms with E-state index in [0.717, 1.165) is 42.2 Å². The molecule has 144 valence electrons. The van der Waals surface area contributed by atoms with Gasteiger partial charge in [-0.3, -0.25) is 9.78 Å². The number of fused-ring (bicyclic) bond motifs is 1. The van der Waals surface area contributed by atoms with Gasteiger partial charge in [0.05, 0.1) is 12.3 Å². The van der Waals surface area contributed by atoms with Crippen molar-refractivity contribution in [2.75, 3.05) is 5.32 Å². The molecule has 1 aromatic heterocycles. The summed E-state index contributed by atoms with van der Waals surface area (Å²) in [4.78, 5) is 16.5. The Kier molecular flexibility index (Phi) is 5.51. The van der Waals surface area contributed by atoms with Crippen molar-refractivity contribution in [3.63, 3.8) is 0 Å². The third-order valence-electron chi connectivity index (χ3n) is 5.32. The Hall–Kier alpha value is -2.95. The first-order valence-electron chi connectivity index (χ1n) is 9.72. The lowest BCUT2D eigenvalue weighted by molar-refractivity contribution is -0.117. The minimum absolute atomic E-state index is 0.0192. The monoisotopic (exact) mass is 378 g/mol. The molecule has 0 saturated heterocycles. The predicted octanol–water partition coefficient (Wildman–Crippen LogP) is 5.34. The number of carbonyl (C=O) groups excluding carboxylic acids is 1. The average Bonchev–Trinajstić information content (AvgIpc) is 2.71. The number of anilines is 1. The fraction of sp³-hybridized carbons (Fsp3) is 0.304. The lowest BCUT2D eigenvalue weighted by Crippen LogP contribution is -2.26. The molecule has 1 aliphatic carbocycles. The van der Waals surface area contributed by atoms with Gasteiger partial charge >= 0.3 is 0 Å². The Labute approximate surface area is 163 Å². The lowest BCUT2D eigenvalue weighted by atomic mass is 9.85. The average molecular weight is 378 g/mol. The fourth-order valence-electron chi connectivity index (χ4n) is 3.82. The van der Waals surface area contributed by atoms with Gasteiger partial charge in [-0.15, -0.1) is 0 Å². The fourth-order valence-corrected chi connectivity index (χ4v) is 3.82. The molecule has 0 unspecified atom stereocenters. The van der Waals surface area contributed by atoms with Gasteiger partial charge in [-0.1, -0.05) is 24.3 Å². The van der Waals surface area contributed by atoms with Gasteiger partial charge in [0.25, 0.3) is 0 Å². The van der Waals surface area contributed by atoms with Crippen LogP contribution in [0, 0.1) is 11.7 Å². The molecular weight excluding hydrogens is 355 g/mol. The molecule has 4 nitrogen and oxygen atoms in total. The van der Waals surface area contributed by atoms with Crippen molar-refractivity contribution >= 4 is 22.4 Å². The number of amides is 1. The molecule has 2 aromatic carbocycles. The van der Waals surface area contributed by atoms with Crippen LogP contribution in [-0.2, 0) is 4.79 Å². The first-order chi connectivity index (χ1) is 13.7. The molecule has 5 heteroatoms. The Balaban J connectivity index is 1.28. The maximum atomic E-state index is 12.9. The normalized spacial score (nSPS) is 19.3. The van der Waals surface area contributed by atoms with Gasteiger partial charge in [0.15, 0.2) is 0 Å². The predicted molar refractivity (Wildman–Crippen MR) is 108 cm³/mol. The van der Waals surface area contributed by atoms with Crippen LogP contribution in [0.5, 0.6) is 5.75 Å². The van der Waals surface area contributed by atoms with Gasteiger partial charge in [-0.25, -0.2) is 4.39 Å². The number of hydrogen-bond donors (Lipinski definition) is 1. The van der Waals surface area contributed by atoms with Crippen molar-refractivity contribution in [2.24, 2.45) is 5.92 Å². The van der Waals surface area contributed by atoms with Gasteiger partial charge in [0.2, 0.25) is 5.91 Å². The molecule has 1 heterocycles.